The zero-order valence-corrected chi connectivity index (χ0v) is 14.3. The number of benzene rings is 2. The Labute approximate surface area is 145 Å². The van der Waals surface area contributed by atoms with Crippen LogP contribution in [0.25, 0.3) is 11.3 Å². The third kappa shape index (κ3) is 4.07. The smallest absolute Gasteiger partial charge is 0.408 e. The van der Waals surface area contributed by atoms with Crippen molar-refractivity contribution < 1.29 is 9.21 Å². The normalized spacial score (nSPS) is 10.6. The first-order valence-electron chi connectivity index (χ1n) is 8.11. The largest absolute Gasteiger partial charge is 0.419 e. The van der Waals surface area contributed by atoms with E-state index in [1.54, 1.807) is 6.20 Å². The Bertz CT molecular complexity index is 936. The molecule has 25 heavy (non-hydrogen) atoms. The van der Waals surface area contributed by atoms with E-state index in [0.29, 0.717) is 12.3 Å². The number of aryl methyl sites for hydroxylation is 2. The Morgan fingerprint density at radius 3 is 2.52 bits per heavy atom. The molecule has 0 radical (unpaired) electrons. The van der Waals surface area contributed by atoms with Crippen LogP contribution < -0.4 is 11.1 Å². The van der Waals surface area contributed by atoms with E-state index >= 15 is 0 Å². The second-order valence-electron chi connectivity index (χ2n) is 6.06. The van der Waals surface area contributed by atoms with Crippen LogP contribution in [0.15, 0.2) is 63.9 Å². The number of hydrogen-bond donors (Lipinski definition) is 1. The van der Waals surface area contributed by atoms with Crippen LogP contribution in [0.3, 0.4) is 0 Å². The predicted octanol–water partition coefficient (Wildman–Crippen LogP) is 3.04. The minimum Gasteiger partial charge on any atom is -0.408 e. The lowest BCUT2D eigenvalue weighted by Gasteiger charge is -2.07. The maximum Gasteiger partial charge on any atom is 0.419 e. The molecule has 128 valence electrons. The summed E-state index contributed by atoms with van der Waals surface area (Å²) in [5.41, 5.74) is 4.10. The quantitative estimate of drug-likeness (QED) is 0.779. The van der Waals surface area contributed by atoms with Gasteiger partial charge in [0.2, 0.25) is 5.91 Å². The van der Waals surface area contributed by atoms with Gasteiger partial charge in [0, 0.05) is 12.1 Å². The van der Waals surface area contributed by atoms with Gasteiger partial charge in [-0.3, -0.25) is 9.36 Å². The Morgan fingerprint density at radius 2 is 1.80 bits per heavy atom. The molecule has 0 fully saturated rings. The highest BCUT2D eigenvalue weighted by molar-refractivity contribution is 5.75. The molecule has 0 saturated carbocycles. The van der Waals surface area contributed by atoms with Crippen LogP contribution in [-0.2, 0) is 17.9 Å². The number of nitrogens with one attached hydrogen (secondary N) is 1. The lowest BCUT2D eigenvalue weighted by molar-refractivity contribution is -0.121. The molecule has 0 bridgehead atoms. The van der Waals surface area contributed by atoms with Crippen LogP contribution in [0.5, 0.6) is 0 Å². The average Bonchev–Trinajstić information content (AvgIpc) is 2.95. The van der Waals surface area contributed by atoms with Crippen molar-refractivity contribution in [1.29, 1.82) is 0 Å². The number of amides is 1. The highest BCUT2D eigenvalue weighted by Gasteiger charge is 2.11. The number of rotatable bonds is 5. The van der Waals surface area contributed by atoms with E-state index in [0.717, 1.165) is 22.3 Å². The summed E-state index contributed by atoms with van der Waals surface area (Å²) >= 11 is 0. The van der Waals surface area contributed by atoms with Gasteiger partial charge in [-0.15, -0.1) is 0 Å². The molecule has 1 N–H and O–H groups in total. The first kappa shape index (κ1) is 16.8. The molecule has 5 nitrogen and oxygen atoms in total. The Hall–Kier alpha value is -3.08. The molecule has 1 amide bonds. The SMILES string of the molecule is Cc1ccc(-c2cn(CC(=O)NCc3ccccc3C)c(=O)o2)cc1. The maximum atomic E-state index is 12.1. The molecule has 0 spiro atoms. The Kier molecular flexibility index (Phi) is 4.84. The fourth-order valence-electron chi connectivity index (χ4n) is 2.55. The topological polar surface area (TPSA) is 64.2 Å². The third-order valence-electron chi connectivity index (χ3n) is 4.09. The molecular formula is C20H20N2O3. The van der Waals surface area contributed by atoms with E-state index in [2.05, 4.69) is 5.32 Å². The van der Waals surface area contributed by atoms with Crippen molar-refractivity contribution in [3.05, 3.63) is 82.0 Å². The van der Waals surface area contributed by atoms with Gasteiger partial charge < -0.3 is 9.73 Å². The van der Waals surface area contributed by atoms with Crippen LogP contribution in [0.2, 0.25) is 0 Å². The summed E-state index contributed by atoms with van der Waals surface area (Å²) in [5.74, 6) is -0.320. The van der Waals surface area contributed by atoms with Crippen molar-refractivity contribution in [3.63, 3.8) is 0 Å². The van der Waals surface area contributed by atoms with Gasteiger partial charge in [-0.1, -0.05) is 54.1 Å². The molecule has 0 aliphatic rings. The van der Waals surface area contributed by atoms with Crippen LogP contribution in [-0.4, -0.2) is 10.5 Å². The van der Waals surface area contributed by atoms with Crippen LogP contribution >= 0.6 is 0 Å². The van der Waals surface area contributed by atoms with Gasteiger partial charge in [-0.25, -0.2) is 4.79 Å². The average molecular weight is 336 g/mol. The lowest BCUT2D eigenvalue weighted by atomic mass is 10.1. The van der Waals surface area contributed by atoms with E-state index in [1.807, 2.05) is 62.4 Å². The first-order chi connectivity index (χ1) is 12.0. The van der Waals surface area contributed by atoms with Gasteiger partial charge >= 0.3 is 5.76 Å². The van der Waals surface area contributed by atoms with Crippen molar-refractivity contribution >= 4 is 5.91 Å². The van der Waals surface area contributed by atoms with Gasteiger partial charge in [0.25, 0.3) is 0 Å². The van der Waals surface area contributed by atoms with Crippen molar-refractivity contribution in [2.75, 3.05) is 0 Å². The van der Waals surface area contributed by atoms with Crippen LogP contribution in [0.1, 0.15) is 16.7 Å². The highest BCUT2D eigenvalue weighted by Crippen LogP contribution is 2.18. The minimum absolute atomic E-state index is 0.0694. The van der Waals surface area contributed by atoms with Crippen molar-refractivity contribution in [1.82, 2.24) is 9.88 Å². The fourth-order valence-corrected chi connectivity index (χ4v) is 2.55. The third-order valence-corrected chi connectivity index (χ3v) is 4.09. The minimum atomic E-state index is -0.540. The number of nitrogens with zero attached hydrogens (tertiary/aromatic N) is 1. The zero-order valence-electron chi connectivity index (χ0n) is 14.3. The number of aromatic nitrogens is 1. The Balaban J connectivity index is 1.66. The second kappa shape index (κ2) is 7.21. The van der Waals surface area contributed by atoms with E-state index in [1.165, 1.54) is 4.57 Å². The summed E-state index contributed by atoms with van der Waals surface area (Å²) in [7, 11) is 0. The molecule has 0 aliphatic heterocycles. The van der Waals surface area contributed by atoms with Crippen LogP contribution in [0, 0.1) is 13.8 Å². The molecule has 3 rings (SSSR count). The Morgan fingerprint density at radius 1 is 1.08 bits per heavy atom. The van der Waals surface area contributed by atoms with Crippen molar-refractivity contribution in [2.24, 2.45) is 0 Å². The van der Waals surface area contributed by atoms with E-state index < -0.39 is 5.76 Å². The molecule has 0 aliphatic carbocycles. The van der Waals surface area contributed by atoms with Gasteiger partial charge in [0.1, 0.15) is 6.54 Å². The number of hydrogen-bond acceptors (Lipinski definition) is 3. The summed E-state index contributed by atoms with van der Waals surface area (Å²) in [6.07, 6.45) is 1.57. The lowest BCUT2D eigenvalue weighted by Crippen LogP contribution is -2.30. The maximum absolute atomic E-state index is 12.1. The molecule has 0 saturated heterocycles. The monoisotopic (exact) mass is 336 g/mol. The molecular weight excluding hydrogens is 316 g/mol. The first-order valence-corrected chi connectivity index (χ1v) is 8.11. The van der Waals surface area contributed by atoms with E-state index in [9.17, 15) is 9.59 Å². The predicted molar refractivity (Wildman–Crippen MR) is 96.2 cm³/mol. The summed E-state index contributed by atoms with van der Waals surface area (Å²) < 4.78 is 6.53. The molecule has 0 unspecified atom stereocenters. The summed E-state index contributed by atoms with van der Waals surface area (Å²) in [4.78, 5) is 24.1. The highest BCUT2D eigenvalue weighted by atomic mass is 16.4. The van der Waals surface area contributed by atoms with Crippen molar-refractivity contribution in [3.8, 4) is 11.3 Å². The summed E-state index contributed by atoms with van der Waals surface area (Å²) in [6.45, 7) is 4.35. The molecule has 1 heterocycles. The van der Waals surface area contributed by atoms with Gasteiger partial charge in [0.05, 0.1) is 6.20 Å². The van der Waals surface area contributed by atoms with Gasteiger partial charge in [-0.05, 0) is 25.0 Å². The van der Waals surface area contributed by atoms with E-state index in [-0.39, 0.29) is 12.5 Å². The van der Waals surface area contributed by atoms with E-state index in [4.69, 9.17) is 4.42 Å². The molecule has 1 aromatic heterocycles. The fraction of sp³-hybridized carbons (Fsp3) is 0.200. The zero-order chi connectivity index (χ0) is 17.8. The summed E-state index contributed by atoms with van der Waals surface area (Å²) in [6, 6.07) is 15.5. The second-order valence-corrected chi connectivity index (χ2v) is 6.06. The van der Waals surface area contributed by atoms with Crippen LogP contribution in [0.4, 0.5) is 0 Å². The van der Waals surface area contributed by atoms with Crippen molar-refractivity contribution in [2.45, 2.75) is 26.9 Å². The number of carbonyl (C=O) groups is 1. The number of carbonyl (C=O) groups excluding carboxylic acids is 1. The molecule has 5 heteroatoms. The molecule has 0 atom stereocenters. The van der Waals surface area contributed by atoms with Gasteiger partial charge in [0.15, 0.2) is 5.76 Å². The summed E-state index contributed by atoms with van der Waals surface area (Å²) in [5, 5.41) is 2.83. The molecule has 2 aromatic carbocycles. The standard InChI is InChI=1S/C20H20N2O3/c1-14-7-9-16(10-8-14)18-12-22(20(24)25-18)13-19(23)21-11-17-6-4-3-5-15(17)2/h3-10,12H,11,13H2,1-2H3,(H,21,23). The van der Waals surface area contributed by atoms with Gasteiger partial charge in [-0.2, -0.15) is 0 Å². The molecule has 3 aromatic rings. The number of oxazole rings is 1.